The molecule has 0 N–H and O–H groups in total. The van der Waals surface area contributed by atoms with E-state index in [-0.39, 0.29) is 10.7 Å². The van der Waals surface area contributed by atoms with E-state index in [0.717, 1.165) is 54.5 Å². The van der Waals surface area contributed by atoms with Crippen LogP contribution in [-0.4, -0.2) is 25.8 Å². The summed E-state index contributed by atoms with van der Waals surface area (Å²) in [5.41, 5.74) is 1.23. The van der Waals surface area contributed by atoms with E-state index in [2.05, 4.69) is 52.0 Å². The van der Waals surface area contributed by atoms with Crippen LogP contribution in [0.15, 0.2) is 35.5 Å². The Kier molecular flexibility index (Phi) is 4.59. The predicted octanol–water partition coefficient (Wildman–Crippen LogP) is 5.47. The van der Waals surface area contributed by atoms with Gasteiger partial charge in [-0.1, -0.05) is 42.1 Å². The van der Waals surface area contributed by atoms with Crippen LogP contribution in [0.25, 0.3) is 0 Å². The zero-order valence-electron chi connectivity index (χ0n) is 17.8. The fourth-order valence-corrected chi connectivity index (χ4v) is 8.05. The number of carbonyl (C=O) groups excluding carboxylic acids is 1. The van der Waals surface area contributed by atoms with Gasteiger partial charge in [0.15, 0.2) is 10.9 Å². The maximum absolute atomic E-state index is 13.7. The molecular formula is C25H31N3OS. The van der Waals surface area contributed by atoms with Crippen molar-refractivity contribution in [1.29, 1.82) is 0 Å². The number of carbonyl (C=O) groups is 1. The van der Waals surface area contributed by atoms with E-state index < -0.39 is 0 Å². The lowest BCUT2D eigenvalue weighted by atomic mass is 9.48. The van der Waals surface area contributed by atoms with Crippen molar-refractivity contribution in [2.75, 3.05) is 0 Å². The summed E-state index contributed by atoms with van der Waals surface area (Å²) < 4.78 is 2.28. The van der Waals surface area contributed by atoms with Crippen LogP contribution in [0, 0.1) is 23.2 Å². The van der Waals surface area contributed by atoms with Crippen molar-refractivity contribution < 1.29 is 4.79 Å². The van der Waals surface area contributed by atoms with E-state index >= 15 is 0 Å². The van der Waals surface area contributed by atoms with E-state index in [1.165, 1.54) is 37.7 Å². The summed E-state index contributed by atoms with van der Waals surface area (Å²) in [6.45, 7) is 2.91. The van der Waals surface area contributed by atoms with Crippen LogP contribution < -0.4 is 0 Å². The minimum absolute atomic E-state index is 0.0369. The van der Waals surface area contributed by atoms with E-state index in [4.69, 9.17) is 0 Å². The highest BCUT2D eigenvalue weighted by molar-refractivity contribution is 8.00. The van der Waals surface area contributed by atoms with E-state index in [1.54, 1.807) is 11.8 Å². The van der Waals surface area contributed by atoms with Gasteiger partial charge in [0, 0.05) is 11.3 Å². The number of Topliss-reactive ketones (excluding diaryl/α,β-unsaturated/α-hetero) is 1. The minimum Gasteiger partial charge on any atom is -0.301 e. The Balaban J connectivity index is 1.24. The van der Waals surface area contributed by atoms with Gasteiger partial charge in [-0.05, 0) is 81.6 Å². The number of hydrogen-bond acceptors (Lipinski definition) is 4. The van der Waals surface area contributed by atoms with Crippen LogP contribution in [-0.2, 0) is 11.3 Å². The third-order valence-electron chi connectivity index (χ3n) is 8.08. The third kappa shape index (κ3) is 3.34. The van der Waals surface area contributed by atoms with Crippen molar-refractivity contribution in [1.82, 2.24) is 14.8 Å². The second-order valence-corrected chi connectivity index (χ2v) is 11.8. The number of thioether (sulfide) groups is 1. The molecule has 5 fully saturated rings. The first-order valence-corrected chi connectivity index (χ1v) is 12.7. The monoisotopic (exact) mass is 421 g/mol. The van der Waals surface area contributed by atoms with E-state index in [1.807, 2.05) is 0 Å². The molecule has 5 aliphatic carbocycles. The summed E-state index contributed by atoms with van der Waals surface area (Å²) in [5.74, 6) is 4.57. The number of rotatable bonds is 7. The predicted molar refractivity (Wildman–Crippen MR) is 118 cm³/mol. The molecule has 0 saturated heterocycles. The fourth-order valence-electron chi connectivity index (χ4n) is 7.00. The largest absolute Gasteiger partial charge is 0.301 e. The quantitative estimate of drug-likeness (QED) is 0.556. The molecule has 30 heavy (non-hydrogen) atoms. The van der Waals surface area contributed by atoms with Gasteiger partial charge in [0.05, 0.1) is 11.8 Å². The second-order valence-electron chi connectivity index (χ2n) is 10.5. The van der Waals surface area contributed by atoms with Crippen LogP contribution in [0.3, 0.4) is 0 Å². The summed E-state index contributed by atoms with van der Waals surface area (Å²) in [4.78, 5) is 13.7. The van der Waals surface area contributed by atoms with Crippen LogP contribution in [0.2, 0.25) is 0 Å². The Labute approximate surface area is 183 Å². The SMILES string of the molecule is CC(Sc1nnc(C2CC2)n1Cc1ccccc1)C(=O)C12CC3CC(CC(C3)C1)C2. The Hall–Kier alpha value is -1.62. The molecular weight excluding hydrogens is 390 g/mol. The molecule has 1 aromatic carbocycles. The van der Waals surface area contributed by atoms with Crippen molar-refractivity contribution in [3.05, 3.63) is 41.7 Å². The number of aromatic nitrogens is 3. The Bertz CT molecular complexity index is 913. The van der Waals surface area contributed by atoms with Crippen LogP contribution in [0.5, 0.6) is 0 Å². The first kappa shape index (κ1) is 19.1. The summed E-state index contributed by atoms with van der Waals surface area (Å²) >= 11 is 1.65. The van der Waals surface area contributed by atoms with Crippen molar-refractivity contribution >= 4 is 17.5 Å². The summed E-state index contributed by atoms with van der Waals surface area (Å²) in [5, 5.41) is 10.00. The van der Waals surface area contributed by atoms with E-state index in [0.29, 0.717) is 11.7 Å². The van der Waals surface area contributed by atoms with Crippen molar-refractivity contribution in [3.8, 4) is 0 Å². The molecule has 4 bridgehead atoms. The van der Waals surface area contributed by atoms with Gasteiger partial charge in [-0.15, -0.1) is 10.2 Å². The molecule has 7 rings (SSSR count). The molecule has 2 aromatic rings. The Morgan fingerprint density at radius 2 is 1.70 bits per heavy atom. The average Bonchev–Trinajstić information content (AvgIpc) is 3.50. The number of ketones is 1. The third-order valence-corrected chi connectivity index (χ3v) is 9.16. The lowest BCUT2D eigenvalue weighted by molar-refractivity contribution is -0.142. The highest BCUT2D eigenvalue weighted by Gasteiger charge is 2.55. The Morgan fingerprint density at radius 3 is 2.30 bits per heavy atom. The topological polar surface area (TPSA) is 47.8 Å². The Morgan fingerprint density at radius 1 is 1.07 bits per heavy atom. The lowest BCUT2D eigenvalue weighted by Gasteiger charge is -2.56. The molecule has 1 unspecified atom stereocenters. The normalized spacial score (nSPS) is 33.0. The highest BCUT2D eigenvalue weighted by Crippen LogP contribution is 2.61. The summed E-state index contributed by atoms with van der Waals surface area (Å²) in [6, 6.07) is 10.6. The lowest BCUT2D eigenvalue weighted by Crippen LogP contribution is -2.51. The molecule has 0 aliphatic heterocycles. The molecule has 158 valence electrons. The van der Waals surface area contributed by atoms with E-state index in [9.17, 15) is 4.79 Å². The van der Waals surface area contributed by atoms with Crippen LogP contribution in [0.1, 0.15) is 75.6 Å². The van der Waals surface area contributed by atoms with Crippen molar-refractivity contribution in [2.45, 2.75) is 81.2 Å². The van der Waals surface area contributed by atoms with Gasteiger partial charge in [-0.2, -0.15) is 0 Å². The number of nitrogens with zero attached hydrogens (tertiary/aromatic N) is 3. The van der Waals surface area contributed by atoms with Crippen molar-refractivity contribution in [2.24, 2.45) is 23.2 Å². The van der Waals surface area contributed by atoms with Gasteiger partial charge in [-0.3, -0.25) is 4.79 Å². The van der Waals surface area contributed by atoms with Crippen LogP contribution in [0.4, 0.5) is 0 Å². The average molecular weight is 422 g/mol. The molecule has 1 heterocycles. The molecule has 4 nitrogen and oxygen atoms in total. The number of benzene rings is 1. The number of hydrogen-bond donors (Lipinski definition) is 0. The second kappa shape index (κ2) is 7.22. The van der Waals surface area contributed by atoms with Gasteiger partial charge < -0.3 is 4.57 Å². The molecule has 5 saturated carbocycles. The maximum Gasteiger partial charge on any atom is 0.192 e. The molecule has 0 spiro atoms. The molecule has 0 radical (unpaired) electrons. The van der Waals surface area contributed by atoms with Gasteiger partial charge in [0.25, 0.3) is 0 Å². The molecule has 1 aromatic heterocycles. The zero-order valence-corrected chi connectivity index (χ0v) is 18.6. The minimum atomic E-state index is -0.0490. The summed E-state index contributed by atoms with van der Waals surface area (Å²) in [7, 11) is 0. The standard InChI is InChI=1S/C25H31N3OS/c1-16(22(29)25-12-18-9-19(13-25)11-20(10-18)14-25)30-24-27-26-23(21-7-8-21)28(24)15-17-5-3-2-4-6-17/h2-6,16,18-21H,7-15H2,1H3. The first-order valence-electron chi connectivity index (χ1n) is 11.8. The molecule has 5 heteroatoms. The van der Waals surface area contributed by atoms with Gasteiger partial charge in [0.2, 0.25) is 0 Å². The first-order chi connectivity index (χ1) is 14.6. The molecule has 0 amide bonds. The highest BCUT2D eigenvalue weighted by atomic mass is 32.2. The summed E-state index contributed by atoms with van der Waals surface area (Å²) in [6.07, 6.45) is 9.99. The fraction of sp³-hybridized carbons (Fsp3) is 0.640. The van der Waals surface area contributed by atoms with Gasteiger partial charge >= 0.3 is 0 Å². The molecule has 1 atom stereocenters. The van der Waals surface area contributed by atoms with Crippen molar-refractivity contribution in [3.63, 3.8) is 0 Å². The van der Waals surface area contributed by atoms with Gasteiger partial charge in [-0.25, -0.2) is 0 Å². The van der Waals surface area contributed by atoms with Gasteiger partial charge in [0.1, 0.15) is 5.82 Å². The van der Waals surface area contributed by atoms with Crippen LogP contribution >= 0.6 is 11.8 Å². The molecule has 5 aliphatic rings. The maximum atomic E-state index is 13.7. The smallest absolute Gasteiger partial charge is 0.192 e. The zero-order chi connectivity index (χ0) is 20.3.